The SMILES string of the molecule is Cc1cccc2c(=O)[nH]c(CCN3CCC[C@@H]3CO)cc12.O.O=C(O)[C@@H](O)[C@H](O)C(=O)O. The second-order valence-electron chi connectivity index (χ2n) is 7.49. The van der Waals surface area contributed by atoms with Crippen LogP contribution in [0.3, 0.4) is 0 Å². The highest BCUT2D eigenvalue weighted by Crippen LogP contribution is 2.18. The van der Waals surface area contributed by atoms with Gasteiger partial charge in [0.05, 0.1) is 6.61 Å². The van der Waals surface area contributed by atoms with E-state index in [1.165, 1.54) is 0 Å². The molecule has 1 fully saturated rings. The number of carboxylic acid groups (broad SMARTS) is 2. The molecule has 178 valence electrons. The average molecular weight is 454 g/mol. The molecular weight excluding hydrogens is 424 g/mol. The molecule has 2 aromatic rings. The standard InChI is InChI=1S/C17H22N2O2.C4H6O6.H2O/c1-12-4-2-6-15-16(12)10-13(18-17(15)21)7-9-19-8-3-5-14(19)11-20;5-1(3(7)8)2(6)4(9)10;/h2,4,6,10,14,20H,3,5,7-9,11H2,1H3,(H,18,21);1-2,5-6H,(H,7,8)(H,9,10);1H2/t14-;1-,2-;/m10./s1. The molecule has 8 N–H and O–H groups in total. The number of hydrogen-bond acceptors (Lipinski definition) is 7. The van der Waals surface area contributed by atoms with Crippen molar-refractivity contribution in [2.24, 2.45) is 0 Å². The molecule has 0 radical (unpaired) electrons. The van der Waals surface area contributed by atoms with E-state index >= 15 is 0 Å². The van der Waals surface area contributed by atoms with E-state index in [0.29, 0.717) is 6.04 Å². The van der Waals surface area contributed by atoms with Crippen LogP contribution in [-0.4, -0.2) is 90.8 Å². The quantitative estimate of drug-likeness (QED) is 0.300. The van der Waals surface area contributed by atoms with Crippen molar-refractivity contribution in [3.8, 4) is 0 Å². The fourth-order valence-electron chi connectivity index (χ4n) is 3.56. The van der Waals surface area contributed by atoms with Gasteiger partial charge in [-0.1, -0.05) is 12.1 Å². The van der Waals surface area contributed by atoms with Crippen molar-refractivity contribution in [2.45, 2.75) is 44.4 Å². The number of nitrogens with one attached hydrogen (secondary N) is 1. The van der Waals surface area contributed by atoms with Gasteiger partial charge in [-0.2, -0.15) is 0 Å². The fourth-order valence-corrected chi connectivity index (χ4v) is 3.56. The summed E-state index contributed by atoms with van der Waals surface area (Å²) in [5.41, 5.74) is 2.10. The van der Waals surface area contributed by atoms with Gasteiger partial charge in [0.2, 0.25) is 0 Å². The summed E-state index contributed by atoms with van der Waals surface area (Å²) in [6.45, 7) is 4.20. The van der Waals surface area contributed by atoms with Crippen LogP contribution in [0.2, 0.25) is 0 Å². The number of aromatic nitrogens is 1. The lowest BCUT2D eigenvalue weighted by atomic mass is 10.1. The molecule has 0 unspecified atom stereocenters. The molecule has 1 aromatic heterocycles. The molecule has 3 atom stereocenters. The molecule has 0 bridgehead atoms. The van der Waals surface area contributed by atoms with Gasteiger partial charge in [0, 0.05) is 30.1 Å². The number of hydrogen-bond donors (Lipinski definition) is 6. The predicted octanol–water partition coefficient (Wildman–Crippen LogP) is -1.11. The molecule has 3 rings (SSSR count). The molecule has 2 heterocycles. The summed E-state index contributed by atoms with van der Waals surface area (Å²) in [6, 6.07) is 8.21. The van der Waals surface area contributed by atoms with E-state index in [9.17, 15) is 19.5 Å². The molecule has 0 spiro atoms. The molecule has 1 aliphatic heterocycles. The van der Waals surface area contributed by atoms with Gasteiger partial charge >= 0.3 is 11.9 Å². The highest BCUT2D eigenvalue weighted by atomic mass is 16.4. The van der Waals surface area contributed by atoms with Crippen molar-refractivity contribution in [3.63, 3.8) is 0 Å². The lowest BCUT2D eigenvalue weighted by molar-refractivity contribution is -0.165. The Hall–Kier alpha value is -2.83. The summed E-state index contributed by atoms with van der Waals surface area (Å²) in [7, 11) is 0. The number of carboxylic acids is 2. The van der Waals surface area contributed by atoms with E-state index in [-0.39, 0.29) is 17.6 Å². The van der Waals surface area contributed by atoms with Crippen molar-refractivity contribution in [1.82, 2.24) is 9.88 Å². The van der Waals surface area contributed by atoms with Gasteiger partial charge in [-0.15, -0.1) is 0 Å². The number of fused-ring (bicyclic) bond motifs is 1. The lowest BCUT2D eigenvalue weighted by Crippen LogP contribution is -2.39. The summed E-state index contributed by atoms with van der Waals surface area (Å²) in [5.74, 6) is -3.54. The van der Waals surface area contributed by atoms with Gasteiger partial charge in [0.25, 0.3) is 5.56 Å². The number of aliphatic hydroxyl groups excluding tert-OH is 3. The van der Waals surface area contributed by atoms with Gasteiger partial charge in [-0.3, -0.25) is 9.69 Å². The first-order chi connectivity index (χ1) is 14.6. The maximum Gasteiger partial charge on any atom is 0.335 e. The van der Waals surface area contributed by atoms with Gasteiger partial charge in [-0.25, -0.2) is 9.59 Å². The van der Waals surface area contributed by atoms with Crippen molar-refractivity contribution >= 4 is 22.7 Å². The number of H-pyrrole nitrogens is 1. The van der Waals surface area contributed by atoms with Crippen LogP contribution in [0.5, 0.6) is 0 Å². The number of rotatable bonds is 7. The van der Waals surface area contributed by atoms with Crippen LogP contribution in [0, 0.1) is 6.92 Å². The Bertz CT molecular complexity index is 957. The minimum atomic E-state index is -2.27. The monoisotopic (exact) mass is 454 g/mol. The first-order valence-corrected chi connectivity index (χ1v) is 9.93. The molecule has 0 amide bonds. The zero-order valence-electron chi connectivity index (χ0n) is 17.7. The molecular formula is C21H30N2O9. The first kappa shape index (κ1) is 27.2. The first-order valence-electron chi connectivity index (χ1n) is 9.93. The zero-order valence-corrected chi connectivity index (χ0v) is 17.7. The number of aliphatic hydroxyl groups is 3. The largest absolute Gasteiger partial charge is 0.479 e. The van der Waals surface area contributed by atoms with Crippen molar-refractivity contribution < 1.29 is 40.6 Å². The van der Waals surface area contributed by atoms with Crippen LogP contribution in [0.25, 0.3) is 10.8 Å². The Labute approximate surface area is 183 Å². The van der Waals surface area contributed by atoms with E-state index in [4.69, 9.17) is 20.4 Å². The normalized spacial score (nSPS) is 17.7. The summed E-state index contributed by atoms with van der Waals surface area (Å²) in [6.07, 6.45) is -1.49. The molecule has 1 saturated heterocycles. The predicted molar refractivity (Wildman–Crippen MR) is 116 cm³/mol. The number of likely N-dealkylation sites (tertiary alicyclic amines) is 1. The highest BCUT2D eigenvalue weighted by Gasteiger charge is 2.29. The number of aryl methyl sites for hydroxylation is 1. The van der Waals surface area contributed by atoms with Crippen LogP contribution in [0.15, 0.2) is 29.1 Å². The van der Waals surface area contributed by atoms with Crippen LogP contribution >= 0.6 is 0 Å². The van der Waals surface area contributed by atoms with E-state index in [1.807, 2.05) is 25.1 Å². The molecule has 1 aliphatic rings. The van der Waals surface area contributed by atoms with Crippen LogP contribution < -0.4 is 5.56 Å². The molecule has 0 aliphatic carbocycles. The minimum Gasteiger partial charge on any atom is -0.479 e. The topological polar surface area (TPSA) is 203 Å². The minimum absolute atomic E-state index is 0. The van der Waals surface area contributed by atoms with Gasteiger partial charge in [-0.05, 0) is 49.4 Å². The number of benzene rings is 1. The van der Waals surface area contributed by atoms with Crippen molar-refractivity contribution in [2.75, 3.05) is 19.7 Å². The third-order valence-electron chi connectivity index (χ3n) is 5.34. The third-order valence-corrected chi connectivity index (χ3v) is 5.34. The summed E-state index contributed by atoms with van der Waals surface area (Å²) >= 11 is 0. The molecule has 0 saturated carbocycles. The van der Waals surface area contributed by atoms with Gasteiger partial charge in [0.1, 0.15) is 0 Å². The van der Waals surface area contributed by atoms with Crippen LogP contribution in [-0.2, 0) is 16.0 Å². The molecule has 11 nitrogen and oxygen atoms in total. The summed E-state index contributed by atoms with van der Waals surface area (Å²) < 4.78 is 0. The Balaban J connectivity index is 0.000000400. The number of aromatic amines is 1. The highest BCUT2D eigenvalue weighted by molar-refractivity contribution is 5.85. The number of aliphatic carboxylic acids is 2. The van der Waals surface area contributed by atoms with E-state index < -0.39 is 24.1 Å². The van der Waals surface area contributed by atoms with Crippen LogP contribution in [0.1, 0.15) is 24.1 Å². The van der Waals surface area contributed by atoms with Gasteiger partial charge in [0.15, 0.2) is 12.2 Å². The number of pyridine rings is 1. The van der Waals surface area contributed by atoms with E-state index in [2.05, 4.69) is 16.0 Å². The Morgan fingerprint density at radius 3 is 2.34 bits per heavy atom. The maximum absolute atomic E-state index is 12.2. The summed E-state index contributed by atoms with van der Waals surface area (Å²) in [5, 5.41) is 43.7. The van der Waals surface area contributed by atoms with Gasteiger partial charge < -0.3 is 36.0 Å². The summed E-state index contributed by atoms with van der Waals surface area (Å²) in [4.78, 5) is 37.0. The van der Waals surface area contributed by atoms with Crippen molar-refractivity contribution in [3.05, 3.63) is 45.9 Å². The lowest BCUT2D eigenvalue weighted by Gasteiger charge is -2.22. The molecule has 11 heteroatoms. The number of carbonyl (C=O) groups is 2. The molecule has 32 heavy (non-hydrogen) atoms. The second kappa shape index (κ2) is 12.3. The second-order valence-corrected chi connectivity index (χ2v) is 7.49. The fraction of sp³-hybridized carbons (Fsp3) is 0.476. The van der Waals surface area contributed by atoms with E-state index in [1.54, 1.807) is 0 Å². The Kier molecular flexibility index (Phi) is 10.4. The van der Waals surface area contributed by atoms with Crippen LogP contribution in [0.4, 0.5) is 0 Å². The van der Waals surface area contributed by atoms with Crippen molar-refractivity contribution in [1.29, 1.82) is 0 Å². The number of nitrogens with zero attached hydrogens (tertiary/aromatic N) is 1. The average Bonchev–Trinajstić information content (AvgIpc) is 3.20. The maximum atomic E-state index is 12.2. The Morgan fingerprint density at radius 1 is 1.16 bits per heavy atom. The molecule has 1 aromatic carbocycles. The third kappa shape index (κ3) is 6.84. The smallest absolute Gasteiger partial charge is 0.335 e. The zero-order chi connectivity index (χ0) is 23.1. The van der Waals surface area contributed by atoms with E-state index in [0.717, 1.165) is 54.4 Å². The Morgan fingerprint density at radius 2 is 1.78 bits per heavy atom.